The van der Waals surface area contributed by atoms with Crippen molar-refractivity contribution in [3.8, 4) is 67.3 Å². The second-order valence-corrected chi connectivity index (χ2v) is 13.4. The fraction of sp³-hybridized carbons (Fsp3) is 0. The molecule has 0 atom stereocenters. The van der Waals surface area contributed by atoms with Gasteiger partial charge in [-0.05, 0) is 92.7 Å². The second-order valence-electron chi connectivity index (χ2n) is 13.4. The molecule has 0 aliphatic heterocycles. The molecule has 10 rings (SSSR count). The number of fused-ring (bicyclic) bond motifs is 4. The molecule has 248 valence electrons. The molecule has 3 nitrogen and oxygen atoms in total. The van der Waals surface area contributed by atoms with Gasteiger partial charge in [0.1, 0.15) is 11.2 Å². The SMILES string of the molecule is c1ccc(-c2ccc3cc(-c4cc(-c5cc(-c6ccccc6)nc(-c6ccccc6)n5)cc(-c5cccc6oc7ccccc7c56)c4)ccc3c2)cc1. The number of furan rings is 1. The molecule has 0 fully saturated rings. The van der Waals surface area contributed by atoms with Gasteiger partial charge in [-0.25, -0.2) is 9.97 Å². The van der Waals surface area contributed by atoms with Gasteiger partial charge in [-0.15, -0.1) is 0 Å². The van der Waals surface area contributed by atoms with Gasteiger partial charge in [0, 0.05) is 27.5 Å². The summed E-state index contributed by atoms with van der Waals surface area (Å²) in [5.41, 5.74) is 13.4. The largest absolute Gasteiger partial charge is 0.456 e. The molecule has 0 saturated carbocycles. The van der Waals surface area contributed by atoms with E-state index in [-0.39, 0.29) is 0 Å². The average Bonchev–Trinajstić information content (AvgIpc) is 3.63. The Bertz CT molecular complexity index is 2870. The molecule has 0 spiro atoms. The average molecular weight is 677 g/mol. The Morgan fingerprint density at radius 2 is 0.868 bits per heavy atom. The summed E-state index contributed by atoms with van der Waals surface area (Å²) in [6.45, 7) is 0. The molecule has 0 aliphatic carbocycles. The smallest absolute Gasteiger partial charge is 0.160 e. The molecule has 0 saturated heterocycles. The monoisotopic (exact) mass is 676 g/mol. The van der Waals surface area contributed by atoms with E-state index in [0.29, 0.717) is 5.82 Å². The van der Waals surface area contributed by atoms with Crippen LogP contribution in [0.4, 0.5) is 0 Å². The molecule has 0 aliphatic rings. The highest BCUT2D eigenvalue weighted by Crippen LogP contribution is 2.41. The van der Waals surface area contributed by atoms with Crippen molar-refractivity contribution < 1.29 is 4.42 Å². The summed E-state index contributed by atoms with van der Waals surface area (Å²) < 4.78 is 6.34. The second kappa shape index (κ2) is 12.9. The van der Waals surface area contributed by atoms with Crippen LogP contribution in [0.1, 0.15) is 0 Å². The number of benzene rings is 8. The standard InChI is InChI=1S/C50H32N2O/c1-4-13-33(14-5-1)36-23-24-38-28-39(26-25-37(38)27-36)40-29-41(43-20-12-22-48-49(43)44-19-10-11-21-47(44)53-48)31-42(30-40)46-32-45(34-15-6-2-7-16-34)51-50(52-46)35-17-8-3-9-18-35/h1-32H. The molecule has 0 amide bonds. The minimum atomic E-state index is 0.691. The van der Waals surface area contributed by atoms with Crippen LogP contribution >= 0.6 is 0 Å². The van der Waals surface area contributed by atoms with Gasteiger partial charge in [-0.2, -0.15) is 0 Å². The maximum Gasteiger partial charge on any atom is 0.160 e. The van der Waals surface area contributed by atoms with Crippen LogP contribution in [0, 0.1) is 0 Å². The lowest BCUT2D eigenvalue weighted by Crippen LogP contribution is -1.96. The van der Waals surface area contributed by atoms with Crippen molar-refractivity contribution in [1.29, 1.82) is 0 Å². The Labute approximate surface area is 307 Å². The van der Waals surface area contributed by atoms with Gasteiger partial charge in [0.05, 0.1) is 11.4 Å². The summed E-state index contributed by atoms with van der Waals surface area (Å²) in [5.74, 6) is 0.691. The summed E-state index contributed by atoms with van der Waals surface area (Å²) >= 11 is 0. The number of aromatic nitrogens is 2. The molecule has 0 unspecified atom stereocenters. The van der Waals surface area contributed by atoms with Crippen molar-refractivity contribution in [3.05, 3.63) is 194 Å². The first-order valence-electron chi connectivity index (χ1n) is 17.9. The minimum absolute atomic E-state index is 0.691. The summed E-state index contributed by atoms with van der Waals surface area (Å²) in [5, 5.41) is 4.61. The molecule has 3 heteroatoms. The number of para-hydroxylation sites is 1. The summed E-state index contributed by atoms with van der Waals surface area (Å²) in [6, 6.07) is 68.2. The van der Waals surface area contributed by atoms with E-state index in [2.05, 4.69) is 158 Å². The first kappa shape index (κ1) is 30.7. The third-order valence-corrected chi connectivity index (χ3v) is 10.1. The van der Waals surface area contributed by atoms with Crippen molar-refractivity contribution in [1.82, 2.24) is 9.97 Å². The predicted molar refractivity (Wildman–Crippen MR) is 219 cm³/mol. The fourth-order valence-corrected chi connectivity index (χ4v) is 7.42. The van der Waals surface area contributed by atoms with Gasteiger partial charge in [-0.1, -0.05) is 146 Å². The van der Waals surface area contributed by atoms with Crippen LogP contribution in [0.5, 0.6) is 0 Å². The summed E-state index contributed by atoms with van der Waals surface area (Å²) in [7, 11) is 0. The van der Waals surface area contributed by atoms with E-state index in [1.807, 2.05) is 36.4 Å². The van der Waals surface area contributed by atoms with E-state index in [0.717, 1.165) is 72.3 Å². The van der Waals surface area contributed by atoms with E-state index < -0.39 is 0 Å². The van der Waals surface area contributed by atoms with E-state index in [1.165, 1.54) is 21.9 Å². The summed E-state index contributed by atoms with van der Waals surface area (Å²) in [6.07, 6.45) is 0. The molecule has 8 aromatic carbocycles. The molecule has 0 N–H and O–H groups in total. The van der Waals surface area contributed by atoms with Gasteiger partial charge in [0.2, 0.25) is 0 Å². The van der Waals surface area contributed by atoms with E-state index in [4.69, 9.17) is 14.4 Å². The van der Waals surface area contributed by atoms with Gasteiger partial charge in [0.25, 0.3) is 0 Å². The molecule has 0 bridgehead atoms. The highest BCUT2D eigenvalue weighted by atomic mass is 16.3. The Balaban J connectivity index is 1.20. The van der Waals surface area contributed by atoms with E-state index in [1.54, 1.807) is 0 Å². The third-order valence-electron chi connectivity index (χ3n) is 10.1. The number of rotatable bonds is 6. The van der Waals surface area contributed by atoms with Crippen LogP contribution in [0.3, 0.4) is 0 Å². The number of hydrogen-bond acceptors (Lipinski definition) is 3. The van der Waals surface area contributed by atoms with Crippen molar-refractivity contribution in [2.45, 2.75) is 0 Å². The van der Waals surface area contributed by atoms with Gasteiger partial charge >= 0.3 is 0 Å². The van der Waals surface area contributed by atoms with Crippen LogP contribution in [0.2, 0.25) is 0 Å². The van der Waals surface area contributed by atoms with Crippen molar-refractivity contribution in [2.24, 2.45) is 0 Å². The maximum absolute atomic E-state index is 6.34. The Morgan fingerprint density at radius 3 is 1.58 bits per heavy atom. The third kappa shape index (κ3) is 5.75. The quantitative estimate of drug-likeness (QED) is 0.176. The number of nitrogens with zero attached hydrogens (tertiary/aromatic N) is 2. The lowest BCUT2D eigenvalue weighted by Gasteiger charge is -2.14. The van der Waals surface area contributed by atoms with Crippen molar-refractivity contribution >= 4 is 32.7 Å². The fourth-order valence-electron chi connectivity index (χ4n) is 7.42. The minimum Gasteiger partial charge on any atom is -0.456 e. The Kier molecular flexibility index (Phi) is 7.47. The molecular formula is C50H32N2O. The molecule has 53 heavy (non-hydrogen) atoms. The highest BCUT2D eigenvalue weighted by Gasteiger charge is 2.17. The van der Waals surface area contributed by atoms with Crippen LogP contribution in [-0.2, 0) is 0 Å². The zero-order valence-corrected chi connectivity index (χ0v) is 28.8. The number of hydrogen-bond donors (Lipinski definition) is 0. The molecule has 10 aromatic rings. The van der Waals surface area contributed by atoms with Crippen LogP contribution in [-0.4, -0.2) is 9.97 Å². The lowest BCUT2D eigenvalue weighted by molar-refractivity contribution is 0.669. The van der Waals surface area contributed by atoms with Crippen LogP contribution in [0.25, 0.3) is 100.0 Å². The first-order valence-corrected chi connectivity index (χ1v) is 17.9. The van der Waals surface area contributed by atoms with Crippen molar-refractivity contribution in [3.63, 3.8) is 0 Å². The van der Waals surface area contributed by atoms with Crippen LogP contribution in [0.15, 0.2) is 199 Å². The van der Waals surface area contributed by atoms with Gasteiger partial charge < -0.3 is 4.42 Å². The highest BCUT2D eigenvalue weighted by molar-refractivity contribution is 6.12. The first-order chi connectivity index (χ1) is 26.2. The normalized spacial score (nSPS) is 11.4. The maximum atomic E-state index is 6.34. The Hall–Kier alpha value is -7.10. The topological polar surface area (TPSA) is 38.9 Å². The van der Waals surface area contributed by atoms with Gasteiger partial charge in [-0.3, -0.25) is 0 Å². The predicted octanol–water partition coefficient (Wildman–Crippen LogP) is 13.5. The molecule has 0 radical (unpaired) electrons. The molecule has 2 heterocycles. The van der Waals surface area contributed by atoms with E-state index >= 15 is 0 Å². The van der Waals surface area contributed by atoms with E-state index in [9.17, 15) is 0 Å². The lowest BCUT2D eigenvalue weighted by atomic mass is 9.91. The molecule has 2 aromatic heterocycles. The Morgan fingerprint density at radius 1 is 0.321 bits per heavy atom. The summed E-state index contributed by atoms with van der Waals surface area (Å²) in [4.78, 5) is 10.3. The van der Waals surface area contributed by atoms with Crippen molar-refractivity contribution in [2.75, 3.05) is 0 Å². The zero-order chi connectivity index (χ0) is 35.1. The molecular weight excluding hydrogens is 645 g/mol. The van der Waals surface area contributed by atoms with Crippen LogP contribution < -0.4 is 0 Å². The van der Waals surface area contributed by atoms with Gasteiger partial charge in [0.15, 0.2) is 5.82 Å². The zero-order valence-electron chi connectivity index (χ0n) is 28.8.